The smallest absolute Gasteiger partial charge is 0.233 e. The quantitative estimate of drug-likeness (QED) is 0.922. The van der Waals surface area contributed by atoms with Gasteiger partial charge in [-0.05, 0) is 35.8 Å². The first-order chi connectivity index (χ1) is 8.20. The number of hydrogen-bond donors (Lipinski definition) is 1. The third-order valence-corrected chi connectivity index (χ3v) is 3.65. The van der Waals surface area contributed by atoms with Gasteiger partial charge in [0.05, 0.1) is 0 Å². The van der Waals surface area contributed by atoms with Crippen molar-refractivity contribution < 1.29 is 4.74 Å². The summed E-state index contributed by atoms with van der Waals surface area (Å²) in [7, 11) is 3.96. The largest absolute Gasteiger partial charge is 0.473 e. The molecule has 2 rings (SSSR count). The van der Waals surface area contributed by atoms with Crippen LogP contribution in [-0.4, -0.2) is 48.2 Å². The highest BCUT2D eigenvalue weighted by atomic mass is 79.9. The van der Waals surface area contributed by atoms with Crippen molar-refractivity contribution in [1.29, 1.82) is 0 Å². The van der Waals surface area contributed by atoms with Crippen LogP contribution in [0.15, 0.2) is 10.8 Å². The van der Waals surface area contributed by atoms with Gasteiger partial charge < -0.3 is 15.0 Å². The van der Waals surface area contributed by atoms with E-state index in [1.54, 1.807) is 0 Å². The summed E-state index contributed by atoms with van der Waals surface area (Å²) in [6.45, 7) is 2.15. The van der Waals surface area contributed by atoms with E-state index in [1.807, 2.05) is 7.05 Å². The van der Waals surface area contributed by atoms with E-state index in [4.69, 9.17) is 4.74 Å². The summed E-state index contributed by atoms with van der Waals surface area (Å²) in [5.74, 6) is 1.38. The van der Waals surface area contributed by atoms with Crippen molar-refractivity contribution in [2.24, 2.45) is 0 Å². The average Bonchev–Trinajstić information content (AvgIpc) is 2.35. The third kappa shape index (κ3) is 3.07. The number of rotatable bonds is 3. The Labute approximate surface area is 110 Å². The molecule has 1 aromatic heterocycles. The van der Waals surface area contributed by atoms with Gasteiger partial charge in [-0.1, -0.05) is 0 Å². The highest BCUT2D eigenvalue weighted by molar-refractivity contribution is 9.10. The highest BCUT2D eigenvalue weighted by Gasteiger charge is 2.20. The maximum absolute atomic E-state index is 5.91. The monoisotopic (exact) mass is 300 g/mol. The number of piperidine rings is 1. The van der Waals surface area contributed by atoms with Crippen molar-refractivity contribution in [3.8, 4) is 5.88 Å². The Balaban J connectivity index is 2.03. The first-order valence-electron chi connectivity index (χ1n) is 5.74. The van der Waals surface area contributed by atoms with Crippen LogP contribution in [0.1, 0.15) is 12.8 Å². The van der Waals surface area contributed by atoms with Gasteiger partial charge in [-0.2, -0.15) is 0 Å². The van der Waals surface area contributed by atoms with Gasteiger partial charge in [-0.15, -0.1) is 0 Å². The molecule has 1 aromatic rings. The molecule has 0 atom stereocenters. The zero-order valence-electron chi connectivity index (χ0n) is 10.1. The summed E-state index contributed by atoms with van der Waals surface area (Å²) in [5, 5.41) is 2.99. The molecule has 0 radical (unpaired) electrons. The Morgan fingerprint density at radius 3 is 2.76 bits per heavy atom. The van der Waals surface area contributed by atoms with Crippen LogP contribution in [0.3, 0.4) is 0 Å². The minimum Gasteiger partial charge on any atom is -0.473 e. The lowest BCUT2D eigenvalue weighted by Gasteiger charge is -2.29. The van der Waals surface area contributed by atoms with E-state index in [0.29, 0.717) is 5.88 Å². The number of nitrogens with one attached hydrogen (secondary N) is 1. The molecule has 0 unspecified atom stereocenters. The van der Waals surface area contributed by atoms with Crippen molar-refractivity contribution in [1.82, 2.24) is 14.9 Å². The number of ether oxygens (including phenoxy) is 1. The molecule has 1 saturated heterocycles. The van der Waals surface area contributed by atoms with Gasteiger partial charge in [0.2, 0.25) is 5.88 Å². The summed E-state index contributed by atoms with van der Waals surface area (Å²) in [6.07, 6.45) is 3.85. The number of aromatic nitrogens is 2. The molecule has 1 fully saturated rings. The lowest BCUT2D eigenvalue weighted by atomic mass is 10.1. The van der Waals surface area contributed by atoms with Gasteiger partial charge in [-0.25, -0.2) is 9.97 Å². The summed E-state index contributed by atoms with van der Waals surface area (Å²) >= 11 is 3.46. The van der Waals surface area contributed by atoms with E-state index in [2.05, 4.69) is 43.2 Å². The predicted molar refractivity (Wildman–Crippen MR) is 70.4 cm³/mol. The summed E-state index contributed by atoms with van der Waals surface area (Å²) in [6, 6.07) is 0. The van der Waals surface area contributed by atoms with Crippen LogP contribution in [0.4, 0.5) is 5.82 Å². The van der Waals surface area contributed by atoms with Gasteiger partial charge in [0.15, 0.2) is 0 Å². The molecule has 94 valence electrons. The minimum atomic E-state index is 0.252. The molecule has 17 heavy (non-hydrogen) atoms. The van der Waals surface area contributed by atoms with Gasteiger partial charge in [0.25, 0.3) is 0 Å². The number of likely N-dealkylation sites (tertiary alicyclic amines) is 1. The summed E-state index contributed by atoms with van der Waals surface area (Å²) in [5.41, 5.74) is 0. The second kappa shape index (κ2) is 5.64. The molecule has 1 aliphatic rings. The van der Waals surface area contributed by atoms with Crippen molar-refractivity contribution in [3.05, 3.63) is 10.8 Å². The minimum absolute atomic E-state index is 0.252. The second-order valence-electron chi connectivity index (χ2n) is 4.21. The van der Waals surface area contributed by atoms with Crippen molar-refractivity contribution in [3.63, 3.8) is 0 Å². The predicted octanol–water partition coefficient (Wildman–Crippen LogP) is 1.75. The van der Waals surface area contributed by atoms with E-state index in [-0.39, 0.29) is 6.10 Å². The molecule has 5 nitrogen and oxygen atoms in total. The van der Waals surface area contributed by atoms with Crippen LogP contribution >= 0.6 is 15.9 Å². The number of nitrogens with zero attached hydrogens (tertiary/aromatic N) is 3. The first kappa shape index (κ1) is 12.6. The van der Waals surface area contributed by atoms with Gasteiger partial charge >= 0.3 is 0 Å². The summed E-state index contributed by atoms with van der Waals surface area (Å²) < 4.78 is 6.71. The maximum atomic E-state index is 5.91. The van der Waals surface area contributed by atoms with Crippen LogP contribution in [0.25, 0.3) is 0 Å². The molecule has 0 bridgehead atoms. The molecule has 6 heteroatoms. The molecule has 0 saturated carbocycles. The fourth-order valence-electron chi connectivity index (χ4n) is 1.87. The Kier molecular flexibility index (Phi) is 4.17. The van der Waals surface area contributed by atoms with Crippen LogP contribution in [0.2, 0.25) is 0 Å². The Hall–Kier alpha value is -0.880. The van der Waals surface area contributed by atoms with Gasteiger partial charge in [0, 0.05) is 20.1 Å². The SMILES string of the molecule is CNc1ncnc(OC2CCN(C)CC2)c1Br. The van der Waals surface area contributed by atoms with Crippen molar-refractivity contribution >= 4 is 21.7 Å². The highest BCUT2D eigenvalue weighted by Crippen LogP contribution is 2.29. The molecule has 0 aliphatic carbocycles. The van der Waals surface area contributed by atoms with Crippen molar-refractivity contribution in [2.45, 2.75) is 18.9 Å². The van der Waals surface area contributed by atoms with Crippen LogP contribution in [-0.2, 0) is 0 Å². The second-order valence-corrected chi connectivity index (χ2v) is 5.00. The van der Waals surface area contributed by atoms with Gasteiger partial charge in [-0.3, -0.25) is 0 Å². The molecule has 0 amide bonds. The normalized spacial score (nSPS) is 18.1. The zero-order valence-corrected chi connectivity index (χ0v) is 11.7. The maximum Gasteiger partial charge on any atom is 0.233 e. The Morgan fingerprint density at radius 1 is 1.41 bits per heavy atom. The summed E-state index contributed by atoms with van der Waals surface area (Å²) in [4.78, 5) is 10.6. The molecule has 1 N–H and O–H groups in total. The standard InChI is InChI=1S/C11H17BrN4O/c1-13-10-9(12)11(15-7-14-10)17-8-3-5-16(2)6-4-8/h7-8H,3-6H2,1-2H3,(H,13,14,15). The Morgan fingerprint density at radius 2 is 2.12 bits per heavy atom. The van der Waals surface area contributed by atoms with E-state index < -0.39 is 0 Å². The molecule has 1 aliphatic heterocycles. The van der Waals surface area contributed by atoms with Crippen LogP contribution in [0, 0.1) is 0 Å². The number of anilines is 1. The van der Waals surface area contributed by atoms with Crippen LogP contribution < -0.4 is 10.1 Å². The third-order valence-electron chi connectivity index (χ3n) is 2.94. The molecular weight excluding hydrogens is 284 g/mol. The lowest BCUT2D eigenvalue weighted by Crippen LogP contribution is -2.35. The topological polar surface area (TPSA) is 50.3 Å². The van der Waals surface area contributed by atoms with E-state index in [0.717, 1.165) is 36.2 Å². The molecular formula is C11H17BrN4O. The van der Waals surface area contributed by atoms with E-state index in [1.165, 1.54) is 6.33 Å². The molecule has 2 heterocycles. The fraction of sp³-hybridized carbons (Fsp3) is 0.636. The van der Waals surface area contributed by atoms with Crippen molar-refractivity contribution in [2.75, 3.05) is 32.5 Å². The first-order valence-corrected chi connectivity index (χ1v) is 6.53. The number of halogens is 1. The average molecular weight is 301 g/mol. The van der Waals surface area contributed by atoms with E-state index in [9.17, 15) is 0 Å². The zero-order chi connectivity index (χ0) is 12.3. The Bertz CT molecular complexity index is 380. The lowest BCUT2D eigenvalue weighted by molar-refractivity contribution is 0.109. The fourth-order valence-corrected chi connectivity index (χ4v) is 2.37. The van der Waals surface area contributed by atoms with Crippen LogP contribution in [0.5, 0.6) is 5.88 Å². The van der Waals surface area contributed by atoms with Gasteiger partial charge in [0.1, 0.15) is 22.7 Å². The number of hydrogen-bond acceptors (Lipinski definition) is 5. The molecule has 0 spiro atoms. The molecule has 0 aromatic carbocycles. The van der Waals surface area contributed by atoms with E-state index >= 15 is 0 Å².